The molecule has 26 heavy (non-hydrogen) atoms. The molecule has 2 aromatic rings. The van der Waals surface area contributed by atoms with E-state index in [0.29, 0.717) is 21.4 Å². The van der Waals surface area contributed by atoms with E-state index in [1.165, 1.54) is 18.0 Å². The minimum absolute atomic E-state index is 0.144. The number of nitrogens with zero attached hydrogens (tertiary/aromatic N) is 1. The van der Waals surface area contributed by atoms with E-state index < -0.39 is 12.2 Å². The minimum Gasteiger partial charge on any atom is -0.436 e. The summed E-state index contributed by atoms with van der Waals surface area (Å²) in [5.74, 6) is 2.41. The zero-order chi connectivity index (χ0) is 19.1. The van der Waals surface area contributed by atoms with Crippen LogP contribution in [0.2, 0.25) is 10.0 Å². The molecule has 0 atom stereocenters. The van der Waals surface area contributed by atoms with Gasteiger partial charge >= 0.3 is 12.2 Å². The Bertz CT molecular complexity index is 865. The van der Waals surface area contributed by atoms with E-state index in [1.807, 2.05) is 0 Å². The summed E-state index contributed by atoms with van der Waals surface area (Å²) in [5, 5.41) is 3.17. The molecule has 0 saturated carbocycles. The van der Waals surface area contributed by atoms with Crippen molar-refractivity contribution >= 4 is 46.8 Å². The van der Waals surface area contributed by atoms with Crippen molar-refractivity contribution in [2.45, 2.75) is 0 Å². The molecular formula is C18H14Cl2N2O4. The molecule has 0 heterocycles. The van der Waals surface area contributed by atoms with Gasteiger partial charge in [-0.2, -0.15) is 0 Å². The molecule has 2 rings (SSSR count). The fourth-order valence-corrected chi connectivity index (χ4v) is 2.16. The second-order valence-corrected chi connectivity index (χ2v) is 5.77. The Hall–Kier alpha value is -2.88. The highest BCUT2D eigenvalue weighted by molar-refractivity contribution is 6.42. The van der Waals surface area contributed by atoms with Gasteiger partial charge in [0.1, 0.15) is 5.75 Å². The van der Waals surface area contributed by atoms with Gasteiger partial charge in [0, 0.05) is 24.5 Å². The predicted molar refractivity (Wildman–Crippen MR) is 101 cm³/mol. The van der Waals surface area contributed by atoms with Crippen LogP contribution in [0.15, 0.2) is 42.5 Å². The molecule has 0 fully saturated rings. The SMILES string of the molecule is C#CCOC(=O)Nc1cccc(OC(=O)N(C)c2ccc(Cl)c(Cl)c2)c1. The van der Waals surface area contributed by atoms with E-state index in [-0.39, 0.29) is 12.4 Å². The van der Waals surface area contributed by atoms with E-state index in [0.717, 1.165) is 0 Å². The molecular weight excluding hydrogens is 379 g/mol. The van der Waals surface area contributed by atoms with Crippen LogP contribution in [0.4, 0.5) is 21.0 Å². The molecule has 2 aromatic carbocycles. The number of ether oxygens (including phenoxy) is 2. The average Bonchev–Trinajstić information content (AvgIpc) is 2.62. The summed E-state index contributed by atoms with van der Waals surface area (Å²) in [7, 11) is 1.53. The number of carbonyl (C=O) groups excluding carboxylic acids is 2. The zero-order valence-corrected chi connectivity index (χ0v) is 15.2. The number of benzene rings is 2. The van der Waals surface area contributed by atoms with Gasteiger partial charge in [0.2, 0.25) is 0 Å². The Morgan fingerprint density at radius 1 is 1.19 bits per heavy atom. The maximum atomic E-state index is 12.3. The van der Waals surface area contributed by atoms with Gasteiger partial charge in [-0.25, -0.2) is 9.59 Å². The van der Waals surface area contributed by atoms with Crippen molar-refractivity contribution in [3.63, 3.8) is 0 Å². The first-order chi connectivity index (χ1) is 12.4. The number of rotatable bonds is 4. The Labute approximate surface area is 160 Å². The summed E-state index contributed by atoms with van der Waals surface area (Å²) in [6, 6.07) is 11.0. The van der Waals surface area contributed by atoms with Gasteiger partial charge in [0.05, 0.1) is 10.0 Å². The van der Waals surface area contributed by atoms with Crippen molar-refractivity contribution < 1.29 is 19.1 Å². The number of nitrogens with one attached hydrogen (secondary N) is 1. The summed E-state index contributed by atoms with van der Waals surface area (Å²) in [5.41, 5.74) is 0.894. The van der Waals surface area contributed by atoms with Crippen molar-refractivity contribution in [3.8, 4) is 18.1 Å². The molecule has 2 amide bonds. The number of hydrogen-bond acceptors (Lipinski definition) is 4. The summed E-state index contributed by atoms with van der Waals surface area (Å²) in [6.45, 7) is -0.144. The number of anilines is 2. The highest BCUT2D eigenvalue weighted by atomic mass is 35.5. The van der Waals surface area contributed by atoms with Gasteiger partial charge < -0.3 is 9.47 Å². The van der Waals surface area contributed by atoms with Gasteiger partial charge in [-0.05, 0) is 30.3 Å². The third kappa shape index (κ3) is 5.31. The highest BCUT2D eigenvalue weighted by Crippen LogP contribution is 2.27. The van der Waals surface area contributed by atoms with Crippen LogP contribution in [0.3, 0.4) is 0 Å². The van der Waals surface area contributed by atoms with Crippen molar-refractivity contribution in [2.75, 3.05) is 23.9 Å². The van der Waals surface area contributed by atoms with Crippen molar-refractivity contribution in [1.82, 2.24) is 0 Å². The Morgan fingerprint density at radius 2 is 1.96 bits per heavy atom. The topological polar surface area (TPSA) is 67.9 Å². The second-order valence-electron chi connectivity index (χ2n) is 4.96. The fraction of sp³-hybridized carbons (Fsp3) is 0.111. The second kappa shape index (κ2) is 8.99. The lowest BCUT2D eigenvalue weighted by molar-refractivity contribution is 0.176. The fourth-order valence-electron chi connectivity index (χ4n) is 1.87. The number of amides is 2. The molecule has 1 N–H and O–H groups in total. The van der Waals surface area contributed by atoms with Gasteiger partial charge in [0.25, 0.3) is 0 Å². The van der Waals surface area contributed by atoms with Crippen LogP contribution in [0.1, 0.15) is 0 Å². The molecule has 134 valence electrons. The normalized spacial score (nSPS) is 9.77. The number of hydrogen-bond donors (Lipinski definition) is 1. The molecule has 0 aliphatic carbocycles. The molecule has 0 aliphatic rings. The standard InChI is InChI=1S/C18H14Cl2N2O4/c1-3-9-25-17(23)21-12-5-4-6-14(10-12)26-18(24)22(2)13-7-8-15(19)16(20)11-13/h1,4-8,10-11H,9H2,2H3,(H,21,23). The Balaban J connectivity index is 2.04. The summed E-state index contributed by atoms with van der Waals surface area (Å²) in [4.78, 5) is 25.0. The Kier molecular flexibility index (Phi) is 6.73. The first-order valence-electron chi connectivity index (χ1n) is 7.28. The molecule has 0 aliphatic heterocycles. The van der Waals surface area contributed by atoms with E-state index in [2.05, 4.69) is 11.2 Å². The monoisotopic (exact) mass is 392 g/mol. The molecule has 0 radical (unpaired) electrons. The summed E-state index contributed by atoms with van der Waals surface area (Å²) < 4.78 is 10.00. The van der Waals surface area contributed by atoms with Gasteiger partial charge in [-0.3, -0.25) is 10.2 Å². The van der Waals surface area contributed by atoms with Crippen LogP contribution in [-0.4, -0.2) is 25.8 Å². The molecule has 8 heteroatoms. The van der Waals surface area contributed by atoms with Crippen LogP contribution >= 0.6 is 23.2 Å². The third-order valence-corrected chi connectivity index (χ3v) is 3.88. The molecule has 0 aromatic heterocycles. The lowest BCUT2D eigenvalue weighted by Gasteiger charge is -2.17. The summed E-state index contributed by atoms with van der Waals surface area (Å²) in [6.07, 6.45) is 3.66. The van der Waals surface area contributed by atoms with Gasteiger partial charge in [-0.15, -0.1) is 6.42 Å². The zero-order valence-electron chi connectivity index (χ0n) is 13.7. The van der Waals surface area contributed by atoms with Crippen molar-refractivity contribution in [3.05, 3.63) is 52.5 Å². The van der Waals surface area contributed by atoms with Gasteiger partial charge in [-0.1, -0.05) is 35.2 Å². The van der Waals surface area contributed by atoms with E-state index in [1.54, 1.807) is 36.4 Å². The van der Waals surface area contributed by atoms with E-state index >= 15 is 0 Å². The lowest BCUT2D eigenvalue weighted by atomic mass is 10.3. The van der Waals surface area contributed by atoms with Crippen LogP contribution in [0, 0.1) is 12.3 Å². The van der Waals surface area contributed by atoms with E-state index in [9.17, 15) is 9.59 Å². The maximum absolute atomic E-state index is 12.3. The van der Waals surface area contributed by atoms with Crippen molar-refractivity contribution in [2.24, 2.45) is 0 Å². The number of terminal acetylenes is 1. The molecule has 0 saturated heterocycles. The first kappa shape index (κ1) is 19.4. The van der Waals surface area contributed by atoms with Crippen LogP contribution in [0.25, 0.3) is 0 Å². The molecule has 6 nitrogen and oxygen atoms in total. The van der Waals surface area contributed by atoms with Crippen LogP contribution in [0.5, 0.6) is 5.75 Å². The lowest BCUT2D eigenvalue weighted by Crippen LogP contribution is -2.29. The minimum atomic E-state index is -0.709. The maximum Gasteiger partial charge on any atom is 0.419 e. The molecule has 0 spiro atoms. The Morgan fingerprint density at radius 3 is 2.65 bits per heavy atom. The van der Waals surface area contributed by atoms with Crippen LogP contribution in [-0.2, 0) is 4.74 Å². The average molecular weight is 393 g/mol. The van der Waals surface area contributed by atoms with E-state index in [4.69, 9.17) is 39.1 Å². The molecule has 0 unspecified atom stereocenters. The van der Waals surface area contributed by atoms with Crippen LogP contribution < -0.4 is 15.0 Å². The third-order valence-electron chi connectivity index (χ3n) is 3.14. The number of carbonyl (C=O) groups is 2. The predicted octanol–water partition coefficient (Wildman–Crippen LogP) is 4.81. The first-order valence-corrected chi connectivity index (χ1v) is 8.04. The quantitative estimate of drug-likeness (QED) is 0.757. The smallest absolute Gasteiger partial charge is 0.419 e. The largest absolute Gasteiger partial charge is 0.436 e. The van der Waals surface area contributed by atoms with Crippen molar-refractivity contribution in [1.29, 1.82) is 0 Å². The number of halogens is 2. The highest BCUT2D eigenvalue weighted by Gasteiger charge is 2.15. The molecule has 0 bridgehead atoms. The van der Waals surface area contributed by atoms with Gasteiger partial charge in [0.15, 0.2) is 6.61 Å². The summed E-state index contributed by atoms with van der Waals surface area (Å²) >= 11 is 11.8.